The van der Waals surface area contributed by atoms with Crippen molar-refractivity contribution >= 4 is 17.4 Å². The van der Waals surface area contributed by atoms with Gasteiger partial charge in [-0.15, -0.1) is 10.2 Å². The Labute approximate surface area is 181 Å². The molecule has 0 unspecified atom stereocenters. The first-order valence-electron chi connectivity index (χ1n) is 10.6. The molecule has 7 heteroatoms. The summed E-state index contributed by atoms with van der Waals surface area (Å²) in [6.07, 6.45) is 8.03. The number of likely N-dealkylation sites (tertiary alicyclic amines) is 1. The van der Waals surface area contributed by atoms with Gasteiger partial charge in [-0.25, -0.2) is 4.98 Å². The molecule has 1 aromatic carbocycles. The van der Waals surface area contributed by atoms with Crippen molar-refractivity contribution < 1.29 is 0 Å². The number of hydrogen-bond acceptors (Lipinski definition) is 5. The Morgan fingerprint density at radius 2 is 1.70 bits per heavy atom. The third-order valence-electron chi connectivity index (χ3n) is 5.55. The average Bonchev–Trinajstić information content (AvgIpc) is 3.37. The first kappa shape index (κ1) is 19.3. The number of piperidine rings is 1. The lowest BCUT2D eigenvalue weighted by Gasteiger charge is -2.26. The van der Waals surface area contributed by atoms with Crippen LogP contribution < -0.4 is 0 Å². The zero-order valence-electron chi connectivity index (χ0n) is 17.0. The van der Waals surface area contributed by atoms with Crippen molar-refractivity contribution in [1.29, 1.82) is 0 Å². The van der Waals surface area contributed by atoms with E-state index in [-0.39, 0.29) is 0 Å². The van der Waals surface area contributed by atoms with Gasteiger partial charge in [0, 0.05) is 18.1 Å². The number of pyridine rings is 1. The maximum atomic E-state index is 4.72. The zero-order valence-corrected chi connectivity index (χ0v) is 17.8. The van der Waals surface area contributed by atoms with E-state index in [9.17, 15) is 0 Å². The van der Waals surface area contributed by atoms with Gasteiger partial charge >= 0.3 is 0 Å². The highest BCUT2D eigenvalue weighted by Crippen LogP contribution is 2.24. The van der Waals surface area contributed by atoms with Crippen LogP contribution in [-0.4, -0.2) is 42.1 Å². The van der Waals surface area contributed by atoms with Gasteiger partial charge in [0.15, 0.2) is 5.16 Å². The van der Waals surface area contributed by atoms with Crippen LogP contribution >= 0.6 is 11.8 Å². The predicted molar refractivity (Wildman–Crippen MR) is 119 cm³/mol. The van der Waals surface area contributed by atoms with E-state index < -0.39 is 0 Å². The Morgan fingerprint density at radius 3 is 2.53 bits per heavy atom. The second-order valence-corrected chi connectivity index (χ2v) is 8.74. The molecule has 0 radical (unpaired) electrons. The van der Waals surface area contributed by atoms with E-state index in [2.05, 4.69) is 60.6 Å². The van der Waals surface area contributed by atoms with Crippen molar-refractivity contribution in [3.63, 3.8) is 0 Å². The molecule has 0 bridgehead atoms. The van der Waals surface area contributed by atoms with Gasteiger partial charge in [-0.3, -0.25) is 4.90 Å². The van der Waals surface area contributed by atoms with E-state index in [1.54, 1.807) is 11.8 Å². The number of benzene rings is 1. The lowest BCUT2D eigenvalue weighted by atomic mass is 10.1. The van der Waals surface area contributed by atoms with E-state index in [1.165, 1.54) is 24.8 Å². The first-order chi connectivity index (χ1) is 14.8. The molecule has 3 aromatic heterocycles. The fourth-order valence-corrected chi connectivity index (χ4v) is 4.82. The van der Waals surface area contributed by atoms with Gasteiger partial charge < -0.3 is 8.97 Å². The van der Waals surface area contributed by atoms with Crippen LogP contribution in [0.15, 0.2) is 66.1 Å². The molecule has 0 aliphatic carbocycles. The first-order valence-corrected chi connectivity index (χ1v) is 11.6. The summed E-state index contributed by atoms with van der Waals surface area (Å²) in [6, 6.07) is 16.6. The molecular formula is C23H26N6S. The van der Waals surface area contributed by atoms with Crippen LogP contribution in [0.4, 0.5) is 0 Å². The molecule has 1 saturated heterocycles. The summed E-state index contributed by atoms with van der Waals surface area (Å²) in [6.45, 7) is 3.98. The molecule has 30 heavy (non-hydrogen) atoms. The number of rotatable bonds is 7. The van der Waals surface area contributed by atoms with Gasteiger partial charge in [0.25, 0.3) is 0 Å². The minimum atomic E-state index is 0.776. The van der Waals surface area contributed by atoms with Crippen molar-refractivity contribution in [2.75, 3.05) is 13.1 Å². The lowest BCUT2D eigenvalue weighted by Crippen LogP contribution is -2.30. The van der Waals surface area contributed by atoms with Crippen molar-refractivity contribution in [1.82, 2.24) is 29.0 Å². The van der Waals surface area contributed by atoms with E-state index >= 15 is 0 Å². The molecule has 0 amide bonds. The second-order valence-electron chi connectivity index (χ2n) is 7.79. The molecule has 6 nitrogen and oxygen atoms in total. The summed E-state index contributed by atoms with van der Waals surface area (Å²) in [5.74, 6) is 1.83. The number of fused-ring (bicyclic) bond motifs is 1. The van der Waals surface area contributed by atoms with Crippen molar-refractivity contribution in [2.45, 2.75) is 43.3 Å². The summed E-state index contributed by atoms with van der Waals surface area (Å²) < 4.78 is 4.34. The molecule has 5 rings (SSSR count). The highest BCUT2D eigenvalue weighted by atomic mass is 32.2. The number of imidazole rings is 1. The largest absolute Gasteiger partial charge is 0.307 e. The Morgan fingerprint density at radius 1 is 0.867 bits per heavy atom. The van der Waals surface area contributed by atoms with Crippen LogP contribution in [-0.2, 0) is 18.8 Å². The molecule has 4 aromatic rings. The van der Waals surface area contributed by atoms with Crippen LogP contribution in [0.5, 0.6) is 0 Å². The fourth-order valence-electron chi connectivity index (χ4n) is 3.98. The van der Waals surface area contributed by atoms with Crippen LogP contribution in [0, 0.1) is 0 Å². The molecule has 0 N–H and O–H groups in total. The highest BCUT2D eigenvalue weighted by molar-refractivity contribution is 7.98. The second kappa shape index (κ2) is 9.02. The smallest absolute Gasteiger partial charge is 0.191 e. The molecule has 0 saturated carbocycles. The Balaban J connectivity index is 1.37. The maximum absolute atomic E-state index is 4.72. The van der Waals surface area contributed by atoms with Crippen molar-refractivity contribution in [3.8, 4) is 0 Å². The topological polar surface area (TPSA) is 51.2 Å². The van der Waals surface area contributed by atoms with Gasteiger partial charge in [-0.2, -0.15) is 0 Å². The number of nitrogens with zero attached hydrogens (tertiary/aromatic N) is 6. The minimum absolute atomic E-state index is 0.776. The fraction of sp³-hybridized carbons (Fsp3) is 0.348. The normalized spacial score (nSPS) is 15.1. The average molecular weight is 419 g/mol. The number of thioether (sulfide) groups is 1. The van der Waals surface area contributed by atoms with E-state index in [4.69, 9.17) is 4.98 Å². The summed E-state index contributed by atoms with van der Waals surface area (Å²) in [7, 11) is 0. The van der Waals surface area contributed by atoms with Crippen LogP contribution in [0.1, 0.15) is 36.3 Å². The van der Waals surface area contributed by atoms with Crippen LogP contribution in [0.25, 0.3) is 5.65 Å². The molecule has 1 aliphatic heterocycles. The third-order valence-corrected chi connectivity index (χ3v) is 6.55. The van der Waals surface area contributed by atoms with E-state index in [0.29, 0.717) is 0 Å². The summed E-state index contributed by atoms with van der Waals surface area (Å²) in [4.78, 5) is 7.22. The summed E-state index contributed by atoms with van der Waals surface area (Å²) in [5, 5.41) is 10.1. The van der Waals surface area contributed by atoms with Gasteiger partial charge in [-0.1, -0.05) is 54.6 Å². The predicted octanol–water partition coefficient (Wildman–Crippen LogP) is 4.25. The minimum Gasteiger partial charge on any atom is -0.307 e. The van der Waals surface area contributed by atoms with Gasteiger partial charge in [0.1, 0.15) is 11.5 Å². The molecule has 0 atom stereocenters. The molecular weight excluding hydrogens is 392 g/mol. The summed E-state index contributed by atoms with van der Waals surface area (Å²) >= 11 is 1.71. The lowest BCUT2D eigenvalue weighted by molar-refractivity contribution is 0.213. The van der Waals surface area contributed by atoms with Gasteiger partial charge in [0.05, 0.1) is 18.8 Å². The third kappa shape index (κ3) is 4.42. The standard InChI is InChI=1S/C23H26N6S/c1-3-9-19(10-4-1)15-29-22(17-27-12-6-2-7-13-27)25-26-23(29)30-18-20-16-28-14-8-5-11-21(28)24-20/h1,3-5,8-11,14,16H,2,6-7,12-13,15,17-18H2. The molecule has 4 heterocycles. The zero-order chi connectivity index (χ0) is 20.2. The van der Waals surface area contributed by atoms with E-state index in [1.807, 2.05) is 24.4 Å². The SMILES string of the molecule is c1ccc(Cn2c(CN3CCCCC3)nnc2SCc2cn3ccccc3n2)cc1. The molecule has 1 fully saturated rings. The van der Waals surface area contributed by atoms with Crippen LogP contribution in [0.3, 0.4) is 0 Å². The quantitative estimate of drug-likeness (QED) is 0.420. The monoisotopic (exact) mass is 418 g/mol. The Kier molecular flexibility index (Phi) is 5.81. The van der Waals surface area contributed by atoms with Crippen molar-refractivity contribution in [3.05, 3.63) is 78.0 Å². The molecule has 1 aliphatic rings. The maximum Gasteiger partial charge on any atom is 0.191 e. The Bertz CT molecular complexity index is 1060. The van der Waals surface area contributed by atoms with Crippen molar-refractivity contribution in [2.24, 2.45) is 0 Å². The molecule has 154 valence electrons. The molecule has 0 spiro atoms. The number of aromatic nitrogens is 5. The van der Waals surface area contributed by atoms with Gasteiger partial charge in [0.2, 0.25) is 0 Å². The Hall–Kier alpha value is -2.64. The highest BCUT2D eigenvalue weighted by Gasteiger charge is 2.18. The summed E-state index contributed by atoms with van der Waals surface area (Å²) in [5.41, 5.74) is 3.30. The number of hydrogen-bond donors (Lipinski definition) is 0. The van der Waals surface area contributed by atoms with Crippen LogP contribution in [0.2, 0.25) is 0 Å². The van der Waals surface area contributed by atoms with E-state index in [0.717, 1.165) is 54.3 Å². The van der Waals surface area contributed by atoms with Gasteiger partial charge in [-0.05, 0) is 43.6 Å².